The van der Waals surface area contributed by atoms with E-state index in [9.17, 15) is 0 Å². The fraction of sp³-hybridized carbons (Fsp3) is 0.0909. The van der Waals surface area contributed by atoms with Gasteiger partial charge in [-0.25, -0.2) is 4.98 Å². The average molecular weight is 402 g/mol. The van der Waals surface area contributed by atoms with Gasteiger partial charge in [0.15, 0.2) is 0 Å². The van der Waals surface area contributed by atoms with Crippen molar-refractivity contribution in [3.8, 4) is 23.8 Å². The minimum Gasteiger partial charge on any atom is -0.438 e. The van der Waals surface area contributed by atoms with Gasteiger partial charge in [-0.2, -0.15) is 15.5 Å². The topological polar surface area (TPSA) is 94.6 Å². The molecule has 2 aromatic carbocycles. The zero-order chi connectivity index (χ0) is 20.8. The summed E-state index contributed by atoms with van der Waals surface area (Å²) < 4.78 is 5.99. The van der Waals surface area contributed by atoms with Crippen molar-refractivity contribution in [2.75, 3.05) is 5.32 Å². The van der Waals surface area contributed by atoms with E-state index in [0.717, 1.165) is 22.4 Å². The number of ether oxygens (including phenoxy) is 1. The molecule has 3 rings (SSSR count). The number of nitriles is 2. The number of nitrogens with one attached hydrogen (secondary N) is 1. The highest BCUT2D eigenvalue weighted by Crippen LogP contribution is 2.31. The summed E-state index contributed by atoms with van der Waals surface area (Å²) in [5, 5.41) is 20.9. The van der Waals surface area contributed by atoms with E-state index in [2.05, 4.69) is 21.4 Å². The summed E-state index contributed by atoms with van der Waals surface area (Å²) in [6.45, 7) is 3.84. The molecule has 0 aliphatic heterocycles. The number of nitrogens with zero attached hydrogens (tertiary/aromatic N) is 4. The lowest BCUT2D eigenvalue weighted by Crippen LogP contribution is -2.00. The lowest BCUT2D eigenvalue weighted by molar-refractivity contribution is 0.455. The third kappa shape index (κ3) is 5.10. The highest BCUT2D eigenvalue weighted by Gasteiger charge is 2.11. The summed E-state index contributed by atoms with van der Waals surface area (Å²) in [6, 6.07) is 16.3. The summed E-state index contributed by atoms with van der Waals surface area (Å²) in [7, 11) is 0. The van der Waals surface area contributed by atoms with Crippen LogP contribution in [0.5, 0.6) is 11.6 Å². The molecule has 7 heteroatoms. The van der Waals surface area contributed by atoms with Crippen LogP contribution < -0.4 is 10.1 Å². The van der Waals surface area contributed by atoms with Gasteiger partial charge in [-0.05, 0) is 73.0 Å². The van der Waals surface area contributed by atoms with Gasteiger partial charge in [0.25, 0.3) is 0 Å². The lowest BCUT2D eigenvalue weighted by atomic mass is 10.1. The summed E-state index contributed by atoms with van der Waals surface area (Å²) in [5.74, 6) is 1.24. The number of allylic oxidation sites excluding steroid dienone is 1. The van der Waals surface area contributed by atoms with Crippen LogP contribution in [-0.2, 0) is 0 Å². The number of hydrogen-bond acceptors (Lipinski definition) is 6. The standard InChI is InChI=1S/C22H16ClN5O/c1-14-10-17(4-3-9-24)11-15(2)21(14)29-20-12-19(23)27-22(28-20)26-18-7-5-16(13-25)6-8-18/h3-8,10-12H,1-2H3,(H,26,27,28)/b4-3+. The van der Waals surface area contributed by atoms with Crippen molar-refractivity contribution in [3.05, 3.63) is 75.9 Å². The molecule has 1 aromatic heterocycles. The van der Waals surface area contributed by atoms with Gasteiger partial charge in [0.2, 0.25) is 11.8 Å². The molecular weight excluding hydrogens is 386 g/mol. The second-order valence-electron chi connectivity index (χ2n) is 6.21. The van der Waals surface area contributed by atoms with Gasteiger partial charge in [-0.15, -0.1) is 0 Å². The van der Waals surface area contributed by atoms with Gasteiger partial charge in [0.1, 0.15) is 10.9 Å². The Labute approximate surface area is 173 Å². The van der Waals surface area contributed by atoms with Crippen molar-refractivity contribution < 1.29 is 4.74 Å². The molecule has 0 radical (unpaired) electrons. The molecule has 0 aliphatic rings. The molecule has 0 spiro atoms. The predicted octanol–water partition coefficient (Wildman–Crippen LogP) is 5.69. The summed E-state index contributed by atoms with van der Waals surface area (Å²) in [5.41, 5.74) is 4.00. The first kappa shape index (κ1) is 19.9. The Balaban J connectivity index is 1.86. The highest BCUT2D eigenvalue weighted by atomic mass is 35.5. The molecule has 0 amide bonds. The van der Waals surface area contributed by atoms with Crippen LogP contribution in [0.1, 0.15) is 22.3 Å². The number of rotatable bonds is 5. The first-order valence-electron chi connectivity index (χ1n) is 8.65. The van der Waals surface area contributed by atoms with Crippen LogP contribution in [0.2, 0.25) is 5.15 Å². The third-order valence-corrected chi connectivity index (χ3v) is 4.17. The van der Waals surface area contributed by atoms with Crippen molar-refractivity contribution >= 4 is 29.3 Å². The van der Waals surface area contributed by atoms with E-state index >= 15 is 0 Å². The number of benzene rings is 2. The maximum atomic E-state index is 8.89. The Bertz CT molecular complexity index is 1130. The number of halogens is 1. The number of anilines is 2. The van der Waals surface area contributed by atoms with E-state index in [1.165, 1.54) is 12.1 Å². The number of hydrogen-bond donors (Lipinski definition) is 1. The van der Waals surface area contributed by atoms with Gasteiger partial charge >= 0.3 is 0 Å². The van der Waals surface area contributed by atoms with Gasteiger partial charge in [0, 0.05) is 17.8 Å². The highest BCUT2D eigenvalue weighted by molar-refractivity contribution is 6.29. The molecule has 0 atom stereocenters. The van der Waals surface area contributed by atoms with Crippen molar-refractivity contribution in [2.24, 2.45) is 0 Å². The van der Waals surface area contributed by atoms with Crippen LogP contribution >= 0.6 is 11.6 Å². The molecular formula is C22H16ClN5O. The van der Waals surface area contributed by atoms with E-state index in [-0.39, 0.29) is 11.1 Å². The van der Waals surface area contributed by atoms with Gasteiger partial charge in [0.05, 0.1) is 17.7 Å². The van der Waals surface area contributed by atoms with Crippen LogP contribution in [-0.4, -0.2) is 9.97 Å². The maximum absolute atomic E-state index is 8.89. The van der Waals surface area contributed by atoms with E-state index in [0.29, 0.717) is 17.2 Å². The smallest absolute Gasteiger partial charge is 0.231 e. The van der Waals surface area contributed by atoms with Crippen molar-refractivity contribution in [3.63, 3.8) is 0 Å². The predicted molar refractivity (Wildman–Crippen MR) is 112 cm³/mol. The number of aryl methyl sites for hydroxylation is 2. The minimum absolute atomic E-state index is 0.232. The summed E-state index contributed by atoms with van der Waals surface area (Å²) in [6.07, 6.45) is 3.17. The fourth-order valence-electron chi connectivity index (χ4n) is 2.74. The zero-order valence-corrected chi connectivity index (χ0v) is 16.5. The quantitative estimate of drug-likeness (QED) is 0.435. The van der Waals surface area contributed by atoms with E-state index in [4.69, 9.17) is 26.9 Å². The molecule has 142 valence electrons. The van der Waals surface area contributed by atoms with Crippen LogP contribution in [0.25, 0.3) is 6.08 Å². The Morgan fingerprint density at radius 1 is 1.03 bits per heavy atom. The molecule has 3 aromatic rings. The Kier molecular flexibility index (Phi) is 6.09. The maximum Gasteiger partial charge on any atom is 0.231 e. The van der Waals surface area contributed by atoms with E-state index < -0.39 is 0 Å². The molecule has 0 aliphatic carbocycles. The monoisotopic (exact) mass is 401 g/mol. The second-order valence-corrected chi connectivity index (χ2v) is 6.60. The van der Waals surface area contributed by atoms with Crippen LogP contribution in [0.4, 0.5) is 11.6 Å². The minimum atomic E-state index is 0.232. The number of aromatic nitrogens is 2. The normalized spacial score (nSPS) is 10.4. The second kappa shape index (κ2) is 8.88. The van der Waals surface area contributed by atoms with Crippen molar-refractivity contribution in [1.82, 2.24) is 9.97 Å². The molecule has 6 nitrogen and oxygen atoms in total. The summed E-state index contributed by atoms with van der Waals surface area (Å²) >= 11 is 6.14. The molecule has 29 heavy (non-hydrogen) atoms. The Morgan fingerprint density at radius 2 is 1.72 bits per heavy atom. The van der Waals surface area contributed by atoms with Gasteiger partial charge in [-0.3, -0.25) is 0 Å². The average Bonchev–Trinajstić information content (AvgIpc) is 2.69. The van der Waals surface area contributed by atoms with Crippen LogP contribution in [0.15, 0.2) is 48.5 Å². The largest absolute Gasteiger partial charge is 0.438 e. The Hall–Kier alpha value is -3.87. The van der Waals surface area contributed by atoms with Crippen LogP contribution in [0.3, 0.4) is 0 Å². The van der Waals surface area contributed by atoms with Crippen molar-refractivity contribution in [2.45, 2.75) is 13.8 Å². The molecule has 1 heterocycles. The van der Waals surface area contributed by atoms with E-state index in [1.54, 1.807) is 30.3 Å². The molecule has 0 unspecified atom stereocenters. The Morgan fingerprint density at radius 3 is 2.34 bits per heavy atom. The molecule has 0 fully saturated rings. The summed E-state index contributed by atoms with van der Waals surface area (Å²) in [4.78, 5) is 8.53. The first-order valence-corrected chi connectivity index (χ1v) is 9.03. The van der Waals surface area contributed by atoms with E-state index in [1.807, 2.05) is 32.0 Å². The zero-order valence-electron chi connectivity index (χ0n) is 15.8. The van der Waals surface area contributed by atoms with Crippen molar-refractivity contribution in [1.29, 1.82) is 10.5 Å². The first-order chi connectivity index (χ1) is 14.0. The fourth-order valence-corrected chi connectivity index (χ4v) is 2.91. The van der Waals surface area contributed by atoms with Gasteiger partial charge in [-0.1, -0.05) is 11.6 Å². The van der Waals surface area contributed by atoms with Gasteiger partial charge < -0.3 is 10.1 Å². The van der Waals surface area contributed by atoms with Crippen LogP contribution in [0, 0.1) is 36.5 Å². The third-order valence-electron chi connectivity index (χ3n) is 3.98. The molecule has 0 bridgehead atoms. The molecule has 0 saturated heterocycles. The molecule has 0 saturated carbocycles. The molecule has 1 N–H and O–H groups in total. The lowest BCUT2D eigenvalue weighted by Gasteiger charge is -2.13. The SMILES string of the molecule is Cc1cc(/C=C/C#N)cc(C)c1Oc1cc(Cl)nc(Nc2ccc(C#N)cc2)n1.